The summed E-state index contributed by atoms with van der Waals surface area (Å²) in [4.78, 5) is 0. The lowest BCUT2D eigenvalue weighted by atomic mass is 10.1. The molecular weight excluding hydrogens is 260 g/mol. The second-order valence-corrected chi connectivity index (χ2v) is 6.63. The first-order valence-corrected chi connectivity index (χ1v) is 8.40. The van der Waals surface area contributed by atoms with Crippen LogP contribution in [0, 0.1) is 0 Å². The Balaban J connectivity index is 1.56. The van der Waals surface area contributed by atoms with Crippen molar-refractivity contribution in [3.8, 4) is 0 Å². The molecule has 1 saturated heterocycles. The minimum absolute atomic E-state index is 0.0321. The molecule has 2 fully saturated rings. The number of hydrogen-bond acceptors (Lipinski definition) is 4. The van der Waals surface area contributed by atoms with Gasteiger partial charge in [-0.25, -0.2) is 0 Å². The van der Waals surface area contributed by atoms with Crippen LogP contribution in [0.4, 0.5) is 0 Å². The molecule has 1 N–H and O–H groups in total. The minimum Gasteiger partial charge on any atom is -0.390 e. The fourth-order valence-corrected chi connectivity index (χ4v) is 3.86. The summed E-state index contributed by atoms with van der Waals surface area (Å²) < 4.78 is 7.70. The van der Waals surface area contributed by atoms with Crippen LogP contribution in [0.1, 0.15) is 37.4 Å². The van der Waals surface area contributed by atoms with Gasteiger partial charge in [-0.15, -0.1) is 0 Å². The molecule has 1 aliphatic heterocycles. The summed E-state index contributed by atoms with van der Waals surface area (Å²) in [5.74, 6) is 1.93. The average Bonchev–Trinajstić information content (AvgIpc) is 3.10. The topological polar surface area (TPSA) is 47.3 Å². The van der Waals surface area contributed by atoms with Crippen molar-refractivity contribution in [3.05, 3.63) is 18.0 Å². The van der Waals surface area contributed by atoms with Crippen LogP contribution in [0.25, 0.3) is 0 Å². The van der Waals surface area contributed by atoms with Crippen LogP contribution in [-0.2, 0) is 11.2 Å². The highest BCUT2D eigenvalue weighted by molar-refractivity contribution is 7.99. The number of aromatic nitrogens is 2. The van der Waals surface area contributed by atoms with Crippen molar-refractivity contribution in [3.63, 3.8) is 0 Å². The molecule has 19 heavy (non-hydrogen) atoms. The van der Waals surface area contributed by atoms with Crippen LogP contribution in [0.3, 0.4) is 0 Å². The monoisotopic (exact) mass is 282 g/mol. The summed E-state index contributed by atoms with van der Waals surface area (Å²) in [5.41, 5.74) is 0.985. The zero-order valence-corrected chi connectivity index (χ0v) is 12.0. The van der Waals surface area contributed by atoms with Crippen LogP contribution in [-0.4, -0.2) is 45.2 Å². The predicted molar refractivity (Wildman–Crippen MR) is 76.5 cm³/mol. The molecule has 0 spiro atoms. The molecule has 3 rings (SSSR count). The summed E-state index contributed by atoms with van der Waals surface area (Å²) >= 11 is 1.86. The maximum atomic E-state index is 10.2. The van der Waals surface area contributed by atoms with Gasteiger partial charge < -0.3 is 9.84 Å². The SMILES string of the molecule is OC(Cc1ccn(C2CCCC2)n1)C1CSCCO1. The third kappa shape index (κ3) is 3.33. The number of nitrogens with zero attached hydrogens (tertiary/aromatic N) is 2. The van der Waals surface area contributed by atoms with Gasteiger partial charge in [-0.3, -0.25) is 4.68 Å². The molecule has 2 heterocycles. The first-order valence-electron chi connectivity index (χ1n) is 7.24. The van der Waals surface area contributed by atoms with Gasteiger partial charge in [0.25, 0.3) is 0 Å². The lowest BCUT2D eigenvalue weighted by Crippen LogP contribution is -2.36. The van der Waals surface area contributed by atoms with E-state index in [1.807, 2.05) is 17.8 Å². The van der Waals surface area contributed by atoms with Crippen LogP contribution in [0.5, 0.6) is 0 Å². The molecule has 2 atom stereocenters. The van der Waals surface area contributed by atoms with Gasteiger partial charge in [0.1, 0.15) is 0 Å². The Morgan fingerprint density at radius 1 is 1.47 bits per heavy atom. The van der Waals surface area contributed by atoms with Crippen molar-refractivity contribution < 1.29 is 9.84 Å². The predicted octanol–water partition coefficient (Wildman–Crippen LogP) is 2.03. The minimum atomic E-state index is -0.431. The van der Waals surface area contributed by atoms with Crippen molar-refractivity contribution in [1.29, 1.82) is 0 Å². The van der Waals surface area contributed by atoms with Gasteiger partial charge >= 0.3 is 0 Å². The van der Waals surface area contributed by atoms with Crippen LogP contribution >= 0.6 is 11.8 Å². The Morgan fingerprint density at radius 3 is 3.05 bits per heavy atom. The molecule has 0 radical (unpaired) electrons. The summed E-state index contributed by atoms with van der Waals surface area (Å²) in [6.45, 7) is 0.753. The maximum Gasteiger partial charge on any atom is 0.0928 e. The Morgan fingerprint density at radius 2 is 2.32 bits per heavy atom. The molecule has 0 aromatic carbocycles. The molecular formula is C14H22N2O2S. The summed E-state index contributed by atoms with van der Waals surface area (Å²) in [5, 5.41) is 14.8. The number of thioether (sulfide) groups is 1. The van der Waals surface area contributed by atoms with Gasteiger partial charge in [0.05, 0.1) is 30.6 Å². The molecule has 2 unspecified atom stereocenters. The van der Waals surface area contributed by atoms with E-state index in [-0.39, 0.29) is 6.10 Å². The zero-order valence-electron chi connectivity index (χ0n) is 11.2. The normalized spacial score (nSPS) is 26.7. The smallest absolute Gasteiger partial charge is 0.0928 e. The molecule has 1 saturated carbocycles. The second kappa shape index (κ2) is 6.29. The summed E-state index contributed by atoms with van der Waals surface area (Å²) in [6.07, 6.45) is 7.32. The highest BCUT2D eigenvalue weighted by atomic mass is 32.2. The molecule has 4 nitrogen and oxygen atoms in total. The Labute approximate surface area is 118 Å². The van der Waals surface area contributed by atoms with Gasteiger partial charge in [-0.05, 0) is 18.9 Å². The van der Waals surface area contributed by atoms with E-state index in [0.717, 1.165) is 23.8 Å². The average molecular weight is 282 g/mol. The third-order valence-electron chi connectivity index (χ3n) is 4.05. The molecule has 2 aliphatic rings. The van der Waals surface area contributed by atoms with E-state index < -0.39 is 6.10 Å². The Kier molecular flexibility index (Phi) is 4.45. The van der Waals surface area contributed by atoms with Crippen molar-refractivity contribution in [2.75, 3.05) is 18.1 Å². The second-order valence-electron chi connectivity index (χ2n) is 5.48. The largest absolute Gasteiger partial charge is 0.390 e. The van der Waals surface area contributed by atoms with Crippen LogP contribution in [0.2, 0.25) is 0 Å². The van der Waals surface area contributed by atoms with Crippen molar-refractivity contribution in [1.82, 2.24) is 9.78 Å². The lowest BCUT2D eigenvalue weighted by Gasteiger charge is -2.26. The molecule has 5 heteroatoms. The van der Waals surface area contributed by atoms with Gasteiger partial charge in [0.15, 0.2) is 0 Å². The zero-order chi connectivity index (χ0) is 13.1. The van der Waals surface area contributed by atoms with Gasteiger partial charge in [-0.2, -0.15) is 16.9 Å². The Hall–Kier alpha value is -0.520. The van der Waals surface area contributed by atoms with E-state index in [1.165, 1.54) is 25.7 Å². The standard InChI is InChI=1S/C14H22N2O2S/c17-13(14-10-19-8-7-18-14)9-11-5-6-16(15-11)12-3-1-2-4-12/h5-6,12-14,17H,1-4,7-10H2. The molecule has 0 bridgehead atoms. The van der Waals surface area contributed by atoms with E-state index >= 15 is 0 Å². The third-order valence-corrected chi connectivity index (χ3v) is 5.07. The number of rotatable bonds is 4. The number of aliphatic hydroxyl groups is 1. The quantitative estimate of drug-likeness (QED) is 0.918. The van der Waals surface area contributed by atoms with Crippen LogP contribution in [0.15, 0.2) is 12.3 Å². The van der Waals surface area contributed by atoms with Crippen molar-refractivity contribution >= 4 is 11.8 Å². The highest BCUT2D eigenvalue weighted by Crippen LogP contribution is 2.28. The van der Waals surface area contributed by atoms with E-state index in [1.54, 1.807) is 0 Å². The number of aliphatic hydroxyl groups excluding tert-OH is 1. The molecule has 1 aliphatic carbocycles. The van der Waals surface area contributed by atoms with E-state index in [0.29, 0.717) is 12.5 Å². The summed E-state index contributed by atoms with van der Waals surface area (Å²) in [6, 6.07) is 2.62. The van der Waals surface area contributed by atoms with Gasteiger partial charge in [0.2, 0.25) is 0 Å². The number of hydrogen-bond donors (Lipinski definition) is 1. The van der Waals surface area contributed by atoms with E-state index in [9.17, 15) is 5.11 Å². The van der Waals surface area contributed by atoms with E-state index in [4.69, 9.17) is 4.74 Å². The van der Waals surface area contributed by atoms with Crippen LogP contribution < -0.4 is 0 Å². The fraction of sp³-hybridized carbons (Fsp3) is 0.786. The molecule has 1 aromatic rings. The first-order chi connectivity index (χ1) is 9.33. The first kappa shape index (κ1) is 13.5. The lowest BCUT2D eigenvalue weighted by molar-refractivity contribution is -0.0212. The molecule has 106 valence electrons. The fourth-order valence-electron chi connectivity index (χ4n) is 2.93. The van der Waals surface area contributed by atoms with Crippen molar-refractivity contribution in [2.24, 2.45) is 0 Å². The summed E-state index contributed by atoms with van der Waals surface area (Å²) in [7, 11) is 0. The highest BCUT2D eigenvalue weighted by Gasteiger charge is 2.24. The molecule has 1 aromatic heterocycles. The number of ether oxygens (including phenoxy) is 1. The van der Waals surface area contributed by atoms with E-state index in [2.05, 4.69) is 16.0 Å². The van der Waals surface area contributed by atoms with Gasteiger partial charge in [0, 0.05) is 24.1 Å². The van der Waals surface area contributed by atoms with Gasteiger partial charge in [-0.1, -0.05) is 12.8 Å². The maximum absolute atomic E-state index is 10.2. The van der Waals surface area contributed by atoms with Crippen molar-refractivity contribution in [2.45, 2.75) is 50.4 Å². The molecule has 0 amide bonds. The Bertz CT molecular complexity index is 398.